The van der Waals surface area contributed by atoms with Gasteiger partial charge >= 0.3 is 0 Å². The van der Waals surface area contributed by atoms with Crippen LogP contribution in [-0.2, 0) is 0 Å². The van der Waals surface area contributed by atoms with Crippen molar-refractivity contribution in [3.63, 3.8) is 0 Å². The van der Waals surface area contributed by atoms with Gasteiger partial charge in [-0.2, -0.15) is 4.37 Å². The van der Waals surface area contributed by atoms with Crippen LogP contribution in [0.25, 0.3) is 0 Å². The molecule has 0 atom stereocenters. The van der Waals surface area contributed by atoms with Gasteiger partial charge in [-0.15, -0.1) is 0 Å². The smallest absolute Gasteiger partial charge is 0.139 e. The van der Waals surface area contributed by atoms with Gasteiger partial charge in [-0.05, 0) is 25.4 Å². The molecule has 11 heavy (non-hydrogen) atoms. The Morgan fingerprint density at radius 2 is 2.27 bits per heavy atom. The Morgan fingerprint density at radius 1 is 1.64 bits per heavy atom. The van der Waals surface area contributed by atoms with Crippen molar-refractivity contribution in [1.29, 1.82) is 0 Å². The summed E-state index contributed by atoms with van der Waals surface area (Å²) in [4.78, 5) is 2.15. The minimum absolute atomic E-state index is 0.495. The van der Waals surface area contributed by atoms with E-state index < -0.39 is 0 Å². The largest absolute Gasteiger partial charge is 0.383 e. The van der Waals surface area contributed by atoms with Crippen LogP contribution in [0.5, 0.6) is 0 Å². The highest BCUT2D eigenvalue weighted by atomic mass is 32.1. The van der Waals surface area contributed by atoms with Crippen LogP contribution in [-0.4, -0.2) is 17.5 Å². The second-order valence-corrected chi connectivity index (χ2v) is 3.58. The molecular formula is C7H13N3S. The molecule has 0 unspecified atom stereocenters. The first-order chi connectivity index (χ1) is 5.11. The fourth-order valence-corrected chi connectivity index (χ4v) is 1.46. The second-order valence-electron chi connectivity index (χ2n) is 2.79. The molecule has 1 aromatic heterocycles. The van der Waals surface area contributed by atoms with Crippen molar-refractivity contribution >= 4 is 22.4 Å². The maximum atomic E-state index is 5.49. The summed E-state index contributed by atoms with van der Waals surface area (Å²) in [6.07, 6.45) is 0. The quantitative estimate of drug-likeness (QED) is 0.734. The molecule has 0 fully saturated rings. The molecule has 1 heterocycles. The highest BCUT2D eigenvalue weighted by Crippen LogP contribution is 2.22. The standard InChI is InChI=1S/C7H13N3S/c1-5(2)10(3)7-4-6(8)9-11-7/h4-5H,1-3H3,(H2,8,9). The number of nitrogens with zero attached hydrogens (tertiary/aromatic N) is 2. The summed E-state index contributed by atoms with van der Waals surface area (Å²) in [6, 6.07) is 2.39. The van der Waals surface area contributed by atoms with E-state index in [9.17, 15) is 0 Å². The molecule has 0 bridgehead atoms. The van der Waals surface area contributed by atoms with Crippen molar-refractivity contribution in [2.24, 2.45) is 0 Å². The summed E-state index contributed by atoms with van der Waals surface area (Å²) in [5.74, 6) is 0.609. The second kappa shape index (κ2) is 3.09. The van der Waals surface area contributed by atoms with E-state index in [1.165, 1.54) is 11.5 Å². The molecule has 0 spiro atoms. The third-order valence-electron chi connectivity index (χ3n) is 1.64. The van der Waals surface area contributed by atoms with Gasteiger partial charge in [0.1, 0.15) is 10.8 Å². The van der Waals surface area contributed by atoms with Gasteiger partial charge in [-0.1, -0.05) is 0 Å². The van der Waals surface area contributed by atoms with Crippen LogP contribution in [0, 0.1) is 0 Å². The van der Waals surface area contributed by atoms with E-state index in [2.05, 4.69) is 23.1 Å². The molecule has 0 aromatic carbocycles. The van der Waals surface area contributed by atoms with E-state index in [1.54, 1.807) is 0 Å². The normalized spacial score (nSPS) is 10.5. The molecule has 3 nitrogen and oxygen atoms in total. The SMILES string of the molecule is CC(C)N(C)c1cc(N)ns1. The zero-order valence-electron chi connectivity index (χ0n) is 7.03. The Morgan fingerprint density at radius 3 is 2.64 bits per heavy atom. The molecule has 0 aliphatic carbocycles. The average Bonchev–Trinajstić information content (AvgIpc) is 2.34. The molecule has 0 amide bonds. The molecule has 0 aliphatic heterocycles. The number of hydrogen-bond donors (Lipinski definition) is 1. The van der Waals surface area contributed by atoms with Gasteiger partial charge in [-0.3, -0.25) is 0 Å². The minimum atomic E-state index is 0.495. The highest BCUT2D eigenvalue weighted by molar-refractivity contribution is 7.10. The lowest BCUT2D eigenvalue weighted by atomic mass is 10.3. The van der Waals surface area contributed by atoms with Gasteiger partial charge < -0.3 is 10.6 Å². The van der Waals surface area contributed by atoms with Crippen molar-refractivity contribution in [1.82, 2.24) is 4.37 Å². The third kappa shape index (κ3) is 1.83. The monoisotopic (exact) mass is 171 g/mol. The fraction of sp³-hybridized carbons (Fsp3) is 0.571. The van der Waals surface area contributed by atoms with E-state index in [1.807, 2.05) is 13.1 Å². The minimum Gasteiger partial charge on any atom is -0.383 e. The highest BCUT2D eigenvalue weighted by Gasteiger charge is 2.07. The van der Waals surface area contributed by atoms with Crippen molar-refractivity contribution in [2.75, 3.05) is 17.7 Å². The average molecular weight is 171 g/mol. The molecule has 0 saturated heterocycles. The van der Waals surface area contributed by atoms with Crippen molar-refractivity contribution in [3.05, 3.63) is 6.07 Å². The van der Waals surface area contributed by atoms with Gasteiger partial charge in [0, 0.05) is 19.2 Å². The van der Waals surface area contributed by atoms with Crippen molar-refractivity contribution in [3.8, 4) is 0 Å². The van der Waals surface area contributed by atoms with Gasteiger partial charge in [-0.25, -0.2) is 0 Å². The lowest BCUT2D eigenvalue weighted by molar-refractivity contribution is 0.761. The number of hydrogen-bond acceptors (Lipinski definition) is 4. The van der Waals surface area contributed by atoms with Crippen LogP contribution >= 0.6 is 11.5 Å². The summed E-state index contributed by atoms with van der Waals surface area (Å²) in [5, 5.41) is 1.12. The van der Waals surface area contributed by atoms with E-state index in [4.69, 9.17) is 5.73 Å². The molecule has 0 radical (unpaired) electrons. The lowest BCUT2D eigenvalue weighted by Crippen LogP contribution is -2.24. The van der Waals surface area contributed by atoms with Crippen LogP contribution in [0.2, 0.25) is 0 Å². The van der Waals surface area contributed by atoms with Crippen LogP contribution < -0.4 is 10.6 Å². The van der Waals surface area contributed by atoms with Crippen LogP contribution in [0.1, 0.15) is 13.8 Å². The van der Waals surface area contributed by atoms with Gasteiger partial charge in [0.25, 0.3) is 0 Å². The molecule has 0 saturated carbocycles. The zero-order chi connectivity index (χ0) is 8.43. The van der Waals surface area contributed by atoms with E-state index in [0.29, 0.717) is 11.9 Å². The van der Waals surface area contributed by atoms with Crippen LogP contribution in [0.4, 0.5) is 10.8 Å². The molecule has 0 aliphatic rings. The molecular weight excluding hydrogens is 158 g/mol. The van der Waals surface area contributed by atoms with Crippen molar-refractivity contribution in [2.45, 2.75) is 19.9 Å². The first kappa shape index (κ1) is 8.33. The van der Waals surface area contributed by atoms with E-state index in [-0.39, 0.29) is 0 Å². The number of anilines is 2. The Bertz CT molecular complexity index is 231. The fourth-order valence-electron chi connectivity index (χ4n) is 0.699. The molecule has 62 valence electrons. The van der Waals surface area contributed by atoms with Crippen LogP contribution in [0.3, 0.4) is 0 Å². The number of rotatable bonds is 2. The van der Waals surface area contributed by atoms with E-state index in [0.717, 1.165) is 5.00 Å². The predicted molar refractivity (Wildman–Crippen MR) is 50.1 cm³/mol. The Balaban J connectivity index is 2.76. The van der Waals surface area contributed by atoms with Gasteiger partial charge in [0.2, 0.25) is 0 Å². The third-order valence-corrected chi connectivity index (χ3v) is 2.53. The number of nitrogens with two attached hydrogens (primary N) is 1. The Kier molecular flexibility index (Phi) is 2.34. The predicted octanol–water partition coefficient (Wildman–Crippen LogP) is 1.57. The molecule has 4 heteroatoms. The van der Waals surface area contributed by atoms with E-state index >= 15 is 0 Å². The maximum Gasteiger partial charge on any atom is 0.139 e. The first-order valence-corrected chi connectivity index (χ1v) is 4.33. The summed E-state index contributed by atoms with van der Waals surface area (Å²) < 4.78 is 4.00. The summed E-state index contributed by atoms with van der Waals surface area (Å²) in [5.41, 5.74) is 5.49. The molecule has 2 N–H and O–H groups in total. The topological polar surface area (TPSA) is 42.1 Å². The molecule has 1 aromatic rings. The van der Waals surface area contributed by atoms with Crippen molar-refractivity contribution < 1.29 is 0 Å². The first-order valence-electron chi connectivity index (χ1n) is 3.56. The summed E-state index contributed by atoms with van der Waals surface area (Å²) in [6.45, 7) is 4.27. The Labute approximate surface area is 71.0 Å². The Hall–Kier alpha value is -0.770. The van der Waals surface area contributed by atoms with Gasteiger partial charge in [0.05, 0.1) is 0 Å². The summed E-state index contributed by atoms with van der Waals surface area (Å²) >= 11 is 1.44. The summed E-state index contributed by atoms with van der Waals surface area (Å²) in [7, 11) is 2.04. The number of aromatic nitrogens is 1. The number of nitrogen functional groups attached to an aromatic ring is 1. The lowest BCUT2D eigenvalue weighted by Gasteiger charge is -2.20. The van der Waals surface area contributed by atoms with Gasteiger partial charge in [0.15, 0.2) is 0 Å². The van der Waals surface area contributed by atoms with Crippen LogP contribution in [0.15, 0.2) is 6.07 Å². The maximum absolute atomic E-state index is 5.49. The zero-order valence-corrected chi connectivity index (χ0v) is 7.85. The molecule has 1 rings (SSSR count).